The van der Waals surface area contributed by atoms with Crippen LogP contribution in [0.2, 0.25) is 0 Å². The highest BCUT2D eigenvalue weighted by Crippen LogP contribution is 2.26. The second-order valence-electron chi connectivity index (χ2n) is 6.34. The van der Waals surface area contributed by atoms with E-state index in [1.54, 1.807) is 0 Å². The molecule has 0 aliphatic heterocycles. The first-order valence-electron chi connectivity index (χ1n) is 8.62. The molecule has 25 heavy (non-hydrogen) atoms. The lowest BCUT2D eigenvalue weighted by Gasteiger charge is -2.22. The fraction of sp³-hybridized carbons (Fsp3) is 0.174. The van der Waals surface area contributed by atoms with Crippen molar-refractivity contribution in [3.05, 3.63) is 107 Å². The lowest BCUT2D eigenvalue weighted by Crippen LogP contribution is -2.32. The molecule has 1 unspecified atom stereocenters. The Morgan fingerprint density at radius 1 is 0.760 bits per heavy atom. The van der Waals surface area contributed by atoms with Gasteiger partial charge in [-0.05, 0) is 36.1 Å². The molecule has 3 rings (SSSR count). The summed E-state index contributed by atoms with van der Waals surface area (Å²) in [7, 11) is 0. The lowest BCUT2D eigenvalue weighted by atomic mass is 9.90. The van der Waals surface area contributed by atoms with E-state index < -0.39 is 0 Å². The summed E-state index contributed by atoms with van der Waals surface area (Å²) in [5, 5.41) is 3.20. The Balaban J connectivity index is 1.89. The summed E-state index contributed by atoms with van der Waals surface area (Å²) in [5.41, 5.74) is 4.34. The number of carbonyl (C=O) groups is 1. The number of amides is 1. The molecule has 0 saturated carbocycles. The van der Waals surface area contributed by atoms with Crippen molar-refractivity contribution in [1.29, 1.82) is 0 Å². The van der Waals surface area contributed by atoms with Gasteiger partial charge in [0.15, 0.2) is 0 Å². The smallest absolute Gasteiger partial charge is 0.232 e. The van der Waals surface area contributed by atoms with Crippen LogP contribution in [0.5, 0.6) is 0 Å². The van der Waals surface area contributed by atoms with E-state index in [9.17, 15) is 4.79 Å². The predicted molar refractivity (Wildman–Crippen MR) is 102 cm³/mol. The molecule has 3 aromatic carbocycles. The summed E-state index contributed by atoms with van der Waals surface area (Å²) < 4.78 is 0. The van der Waals surface area contributed by atoms with Crippen LogP contribution in [0.3, 0.4) is 0 Å². The standard InChI is InChI=1S/C23H23NO/c1-17-11-9-10-16-21(17)18(2)24-23(25)22(19-12-5-3-6-13-19)20-14-7-4-8-15-20/h3-16,18,22H,1-2H3,(H,24,25). The van der Waals surface area contributed by atoms with Crippen LogP contribution in [-0.2, 0) is 4.79 Å². The molecule has 1 atom stereocenters. The van der Waals surface area contributed by atoms with Crippen LogP contribution in [0.4, 0.5) is 0 Å². The minimum atomic E-state index is -0.311. The second-order valence-corrected chi connectivity index (χ2v) is 6.34. The summed E-state index contributed by atoms with van der Waals surface area (Å²) >= 11 is 0. The normalized spacial score (nSPS) is 12.0. The minimum Gasteiger partial charge on any atom is -0.349 e. The van der Waals surface area contributed by atoms with Crippen molar-refractivity contribution in [3.63, 3.8) is 0 Å². The summed E-state index contributed by atoms with van der Waals surface area (Å²) in [6, 6.07) is 28.0. The van der Waals surface area contributed by atoms with Crippen molar-refractivity contribution >= 4 is 5.91 Å². The highest BCUT2D eigenvalue weighted by molar-refractivity contribution is 5.87. The maximum atomic E-state index is 13.1. The van der Waals surface area contributed by atoms with Crippen molar-refractivity contribution in [2.24, 2.45) is 0 Å². The highest BCUT2D eigenvalue weighted by Gasteiger charge is 2.24. The Bertz CT molecular complexity index is 787. The van der Waals surface area contributed by atoms with Gasteiger partial charge in [-0.2, -0.15) is 0 Å². The molecule has 3 aromatic rings. The molecule has 2 nitrogen and oxygen atoms in total. The summed E-state index contributed by atoms with van der Waals surface area (Å²) in [6.07, 6.45) is 0. The van der Waals surface area contributed by atoms with Crippen molar-refractivity contribution in [3.8, 4) is 0 Å². The first-order valence-corrected chi connectivity index (χ1v) is 8.62. The van der Waals surface area contributed by atoms with Gasteiger partial charge >= 0.3 is 0 Å². The third-order valence-electron chi connectivity index (χ3n) is 4.54. The van der Waals surface area contributed by atoms with Gasteiger partial charge < -0.3 is 5.32 Å². The SMILES string of the molecule is Cc1ccccc1C(C)NC(=O)C(c1ccccc1)c1ccccc1. The quantitative estimate of drug-likeness (QED) is 0.701. The Morgan fingerprint density at radius 3 is 1.76 bits per heavy atom. The third-order valence-corrected chi connectivity index (χ3v) is 4.54. The second kappa shape index (κ2) is 7.80. The first-order chi connectivity index (χ1) is 12.2. The van der Waals surface area contributed by atoms with E-state index in [0.717, 1.165) is 16.7 Å². The summed E-state index contributed by atoms with van der Waals surface area (Å²) in [6.45, 7) is 4.11. The van der Waals surface area contributed by atoms with Crippen LogP contribution in [0.15, 0.2) is 84.9 Å². The van der Waals surface area contributed by atoms with Crippen molar-refractivity contribution in [2.45, 2.75) is 25.8 Å². The van der Waals surface area contributed by atoms with Crippen LogP contribution in [-0.4, -0.2) is 5.91 Å². The van der Waals surface area contributed by atoms with Gasteiger partial charge in [-0.25, -0.2) is 0 Å². The first kappa shape index (κ1) is 17.0. The van der Waals surface area contributed by atoms with Crippen LogP contribution in [0.1, 0.15) is 41.1 Å². The number of hydrogen-bond acceptors (Lipinski definition) is 1. The van der Waals surface area contributed by atoms with Gasteiger partial charge in [0.2, 0.25) is 5.91 Å². The van der Waals surface area contributed by atoms with Gasteiger partial charge in [0.05, 0.1) is 12.0 Å². The van der Waals surface area contributed by atoms with Crippen molar-refractivity contribution in [1.82, 2.24) is 5.32 Å². The Hall–Kier alpha value is -2.87. The lowest BCUT2D eigenvalue weighted by molar-refractivity contribution is -0.122. The zero-order valence-corrected chi connectivity index (χ0v) is 14.6. The predicted octanol–water partition coefficient (Wildman–Crippen LogP) is 5.00. The maximum absolute atomic E-state index is 13.1. The third kappa shape index (κ3) is 3.97. The number of nitrogens with one attached hydrogen (secondary N) is 1. The summed E-state index contributed by atoms with van der Waals surface area (Å²) in [4.78, 5) is 13.1. The van der Waals surface area contributed by atoms with Gasteiger partial charge in [0.1, 0.15) is 0 Å². The van der Waals surface area contributed by atoms with Crippen LogP contribution in [0, 0.1) is 6.92 Å². The molecule has 0 aromatic heterocycles. The van der Waals surface area contributed by atoms with E-state index in [1.807, 2.05) is 79.7 Å². The van der Waals surface area contributed by atoms with E-state index in [-0.39, 0.29) is 17.9 Å². The monoisotopic (exact) mass is 329 g/mol. The Morgan fingerprint density at radius 2 is 1.24 bits per heavy atom. The number of aryl methyl sites for hydroxylation is 1. The molecule has 126 valence electrons. The Kier molecular flexibility index (Phi) is 5.30. The van der Waals surface area contributed by atoms with Gasteiger partial charge in [-0.1, -0.05) is 84.9 Å². The molecule has 2 heteroatoms. The van der Waals surface area contributed by atoms with Crippen molar-refractivity contribution < 1.29 is 4.79 Å². The van der Waals surface area contributed by atoms with Crippen LogP contribution in [0.25, 0.3) is 0 Å². The number of hydrogen-bond donors (Lipinski definition) is 1. The van der Waals surface area contributed by atoms with E-state index >= 15 is 0 Å². The van der Waals surface area contributed by atoms with Gasteiger partial charge in [0.25, 0.3) is 0 Å². The molecule has 0 heterocycles. The minimum absolute atomic E-state index is 0.0214. The number of rotatable bonds is 5. The van der Waals surface area contributed by atoms with Gasteiger partial charge in [-0.15, -0.1) is 0 Å². The highest BCUT2D eigenvalue weighted by atomic mass is 16.1. The number of carbonyl (C=O) groups excluding carboxylic acids is 1. The van der Waals surface area contributed by atoms with E-state index in [1.165, 1.54) is 5.56 Å². The molecule has 0 aliphatic carbocycles. The van der Waals surface area contributed by atoms with Gasteiger partial charge in [-0.3, -0.25) is 4.79 Å². The van der Waals surface area contributed by atoms with Crippen LogP contribution >= 0.6 is 0 Å². The Labute approximate surface area is 149 Å². The van der Waals surface area contributed by atoms with E-state index in [2.05, 4.69) is 24.4 Å². The average Bonchev–Trinajstić information content (AvgIpc) is 2.64. The molecule has 0 radical (unpaired) electrons. The maximum Gasteiger partial charge on any atom is 0.232 e. The van der Waals surface area contributed by atoms with Crippen LogP contribution < -0.4 is 5.32 Å². The zero-order chi connectivity index (χ0) is 17.6. The fourth-order valence-corrected chi connectivity index (χ4v) is 3.23. The zero-order valence-electron chi connectivity index (χ0n) is 14.6. The molecule has 0 spiro atoms. The topological polar surface area (TPSA) is 29.1 Å². The summed E-state index contributed by atoms with van der Waals surface area (Å²) in [5.74, 6) is -0.290. The van der Waals surface area contributed by atoms with Crippen molar-refractivity contribution in [2.75, 3.05) is 0 Å². The molecule has 0 fully saturated rings. The molecule has 1 N–H and O–H groups in total. The van der Waals surface area contributed by atoms with E-state index in [0.29, 0.717) is 0 Å². The molecular weight excluding hydrogens is 306 g/mol. The molecule has 0 bridgehead atoms. The molecular formula is C23H23NO. The fourth-order valence-electron chi connectivity index (χ4n) is 3.23. The largest absolute Gasteiger partial charge is 0.349 e. The average molecular weight is 329 g/mol. The molecule has 0 aliphatic rings. The molecule has 1 amide bonds. The number of benzene rings is 3. The van der Waals surface area contributed by atoms with E-state index in [4.69, 9.17) is 0 Å². The van der Waals surface area contributed by atoms with Gasteiger partial charge in [0, 0.05) is 0 Å². The molecule has 0 saturated heterocycles.